The summed E-state index contributed by atoms with van der Waals surface area (Å²) in [6, 6.07) is 7.32. The van der Waals surface area contributed by atoms with Gasteiger partial charge in [0, 0.05) is 11.6 Å². The number of benzene rings is 1. The summed E-state index contributed by atoms with van der Waals surface area (Å²) in [5.41, 5.74) is 0.735. The fraction of sp³-hybridized carbons (Fsp3) is 0.529. The van der Waals surface area contributed by atoms with Gasteiger partial charge in [-0.2, -0.15) is 0 Å². The van der Waals surface area contributed by atoms with E-state index in [-0.39, 0.29) is 41.7 Å². The molecule has 5 unspecified atom stereocenters. The van der Waals surface area contributed by atoms with Crippen LogP contribution in [0.3, 0.4) is 0 Å². The van der Waals surface area contributed by atoms with Gasteiger partial charge in [-0.15, -0.1) is 0 Å². The first-order valence-electron chi connectivity index (χ1n) is 7.91. The van der Waals surface area contributed by atoms with Gasteiger partial charge >= 0.3 is 5.97 Å². The fourth-order valence-corrected chi connectivity index (χ4v) is 4.39. The Labute approximate surface area is 129 Å². The number of anilines is 1. The Balaban J connectivity index is 1.47. The van der Waals surface area contributed by atoms with Gasteiger partial charge in [-0.05, 0) is 49.9 Å². The molecule has 22 heavy (non-hydrogen) atoms. The molecule has 1 amide bonds. The third-order valence-electron chi connectivity index (χ3n) is 5.22. The average molecular weight is 301 g/mol. The van der Waals surface area contributed by atoms with E-state index >= 15 is 0 Å². The van der Waals surface area contributed by atoms with Crippen molar-refractivity contribution >= 4 is 17.6 Å². The summed E-state index contributed by atoms with van der Waals surface area (Å²) < 4.78 is 10.8. The van der Waals surface area contributed by atoms with Crippen molar-refractivity contribution in [3.8, 4) is 5.75 Å². The molecule has 116 valence electrons. The van der Waals surface area contributed by atoms with Crippen molar-refractivity contribution in [2.75, 3.05) is 11.9 Å². The smallest absolute Gasteiger partial charge is 0.310 e. The lowest BCUT2D eigenvalue weighted by atomic mass is 9.79. The Morgan fingerprint density at radius 3 is 2.82 bits per heavy atom. The van der Waals surface area contributed by atoms with Crippen LogP contribution < -0.4 is 10.1 Å². The lowest BCUT2D eigenvalue weighted by Gasteiger charge is -2.23. The summed E-state index contributed by atoms with van der Waals surface area (Å²) in [6.07, 6.45) is 1.86. The maximum Gasteiger partial charge on any atom is 0.310 e. The third-order valence-corrected chi connectivity index (χ3v) is 5.22. The zero-order valence-electron chi connectivity index (χ0n) is 12.5. The Morgan fingerprint density at radius 2 is 2.09 bits per heavy atom. The van der Waals surface area contributed by atoms with Crippen LogP contribution in [0.4, 0.5) is 5.69 Å². The summed E-state index contributed by atoms with van der Waals surface area (Å²) in [6.45, 7) is 2.54. The molecule has 0 aromatic heterocycles. The maximum absolute atomic E-state index is 12.6. The molecule has 2 bridgehead atoms. The highest BCUT2D eigenvalue weighted by atomic mass is 16.6. The number of hydrogen-bond acceptors (Lipinski definition) is 4. The van der Waals surface area contributed by atoms with E-state index in [9.17, 15) is 9.59 Å². The van der Waals surface area contributed by atoms with Gasteiger partial charge in [0.15, 0.2) is 0 Å². The van der Waals surface area contributed by atoms with Crippen LogP contribution in [0.5, 0.6) is 5.75 Å². The standard InChI is InChI=1S/C17H19NO4/c1-2-21-11-5-3-10(4-6-11)18-16(19)14-9-7-12-13(8-9)22-17(20)15(12)14/h3-6,9,12-15H,2,7-8H2,1H3,(H,18,19). The lowest BCUT2D eigenvalue weighted by molar-refractivity contribution is -0.145. The zero-order valence-corrected chi connectivity index (χ0v) is 12.5. The summed E-state index contributed by atoms with van der Waals surface area (Å²) in [7, 11) is 0. The van der Waals surface area contributed by atoms with Gasteiger partial charge < -0.3 is 14.8 Å². The molecule has 2 aliphatic carbocycles. The van der Waals surface area contributed by atoms with Crippen molar-refractivity contribution in [2.45, 2.75) is 25.9 Å². The normalized spacial score (nSPS) is 34.6. The minimum atomic E-state index is -0.234. The number of rotatable bonds is 4. The Kier molecular flexibility index (Phi) is 3.10. The number of carbonyl (C=O) groups is 2. The number of ether oxygens (including phenoxy) is 2. The highest BCUT2D eigenvalue weighted by molar-refractivity contribution is 5.97. The lowest BCUT2D eigenvalue weighted by Crippen LogP contribution is -2.35. The second kappa shape index (κ2) is 5.00. The van der Waals surface area contributed by atoms with Gasteiger partial charge in [-0.3, -0.25) is 9.59 Å². The van der Waals surface area contributed by atoms with Crippen molar-refractivity contribution in [3.05, 3.63) is 24.3 Å². The fourth-order valence-electron chi connectivity index (χ4n) is 4.39. The van der Waals surface area contributed by atoms with Crippen LogP contribution in [-0.2, 0) is 14.3 Å². The van der Waals surface area contributed by atoms with Crippen molar-refractivity contribution in [1.82, 2.24) is 0 Å². The SMILES string of the molecule is CCOc1ccc(NC(=O)C2C3CC4OC(=O)C2C4C3)cc1. The van der Waals surface area contributed by atoms with E-state index < -0.39 is 0 Å². The molecule has 5 heteroatoms. The molecule has 0 radical (unpaired) electrons. The van der Waals surface area contributed by atoms with E-state index in [1.54, 1.807) is 0 Å². The van der Waals surface area contributed by atoms with E-state index in [0.29, 0.717) is 6.61 Å². The van der Waals surface area contributed by atoms with Crippen LogP contribution in [0.15, 0.2) is 24.3 Å². The molecule has 0 spiro atoms. The molecule has 1 heterocycles. The number of nitrogens with one attached hydrogen (secondary N) is 1. The summed E-state index contributed by atoms with van der Waals surface area (Å²) >= 11 is 0. The number of hydrogen-bond donors (Lipinski definition) is 1. The molecule has 1 aliphatic heterocycles. The molecule has 4 rings (SSSR count). The van der Waals surface area contributed by atoms with Crippen molar-refractivity contribution in [3.63, 3.8) is 0 Å². The van der Waals surface area contributed by atoms with Crippen molar-refractivity contribution < 1.29 is 19.1 Å². The van der Waals surface area contributed by atoms with Gasteiger partial charge in [0.25, 0.3) is 0 Å². The summed E-state index contributed by atoms with van der Waals surface area (Å²) in [5, 5.41) is 2.94. The second-order valence-electron chi connectivity index (χ2n) is 6.37. The number of esters is 1. The minimum absolute atomic E-state index is 0.0565. The molecule has 1 aromatic carbocycles. The zero-order chi connectivity index (χ0) is 15.3. The monoisotopic (exact) mass is 301 g/mol. The van der Waals surface area contributed by atoms with Crippen LogP contribution in [0.1, 0.15) is 19.8 Å². The van der Waals surface area contributed by atoms with E-state index in [1.807, 2.05) is 31.2 Å². The molecule has 5 atom stereocenters. The average Bonchev–Trinajstić information content (AvgIpc) is 3.11. The van der Waals surface area contributed by atoms with E-state index in [0.717, 1.165) is 24.3 Å². The van der Waals surface area contributed by atoms with Gasteiger partial charge in [0.2, 0.25) is 5.91 Å². The van der Waals surface area contributed by atoms with Gasteiger partial charge in [0.1, 0.15) is 11.9 Å². The molecule has 1 N–H and O–H groups in total. The van der Waals surface area contributed by atoms with Crippen molar-refractivity contribution in [2.24, 2.45) is 23.7 Å². The quantitative estimate of drug-likeness (QED) is 0.866. The second-order valence-corrected chi connectivity index (χ2v) is 6.37. The van der Waals surface area contributed by atoms with Crippen LogP contribution in [0.2, 0.25) is 0 Å². The molecule has 1 aromatic rings. The topological polar surface area (TPSA) is 64.6 Å². The maximum atomic E-state index is 12.6. The van der Waals surface area contributed by atoms with Crippen molar-refractivity contribution in [1.29, 1.82) is 0 Å². The van der Waals surface area contributed by atoms with Gasteiger partial charge in [-0.25, -0.2) is 0 Å². The first-order valence-corrected chi connectivity index (χ1v) is 7.91. The Morgan fingerprint density at radius 1 is 1.32 bits per heavy atom. The molecule has 2 saturated carbocycles. The van der Waals surface area contributed by atoms with Crippen LogP contribution >= 0.6 is 0 Å². The van der Waals surface area contributed by atoms with Crippen LogP contribution in [0, 0.1) is 23.7 Å². The van der Waals surface area contributed by atoms with Crippen LogP contribution in [-0.4, -0.2) is 24.6 Å². The third kappa shape index (κ3) is 1.99. The highest BCUT2D eigenvalue weighted by Gasteiger charge is 2.63. The predicted octanol–water partition coefficient (Wildman–Crippen LogP) is 2.22. The first kappa shape index (κ1) is 13.6. The summed E-state index contributed by atoms with van der Waals surface area (Å²) in [4.78, 5) is 24.6. The molecular formula is C17H19NO4. The number of carbonyl (C=O) groups excluding carboxylic acids is 2. The van der Waals surface area contributed by atoms with E-state index in [4.69, 9.17) is 9.47 Å². The number of amides is 1. The van der Waals surface area contributed by atoms with E-state index in [2.05, 4.69) is 5.32 Å². The first-order chi connectivity index (χ1) is 10.7. The Bertz CT molecular complexity index is 610. The Hall–Kier alpha value is -2.04. The predicted molar refractivity (Wildman–Crippen MR) is 79.3 cm³/mol. The molecule has 1 saturated heterocycles. The molecule has 5 nitrogen and oxygen atoms in total. The largest absolute Gasteiger partial charge is 0.494 e. The van der Waals surface area contributed by atoms with Crippen LogP contribution in [0.25, 0.3) is 0 Å². The molecule has 3 aliphatic rings. The van der Waals surface area contributed by atoms with Gasteiger partial charge in [-0.1, -0.05) is 0 Å². The summed E-state index contributed by atoms with van der Waals surface area (Å²) in [5.74, 6) is 0.625. The molecule has 3 fully saturated rings. The van der Waals surface area contributed by atoms with Gasteiger partial charge in [0.05, 0.1) is 18.4 Å². The highest BCUT2D eigenvalue weighted by Crippen LogP contribution is 2.57. The minimum Gasteiger partial charge on any atom is -0.494 e. The van der Waals surface area contributed by atoms with E-state index in [1.165, 1.54) is 0 Å². The molecular weight excluding hydrogens is 282 g/mol. The number of fused-ring (bicyclic) bond motifs is 1.